The van der Waals surface area contributed by atoms with Crippen molar-refractivity contribution in [2.75, 3.05) is 33.5 Å². The maximum absolute atomic E-state index is 11.3. The first kappa shape index (κ1) is 19.4. The predicted octanol–water partition coefficient (Wildman–Crippen LogP) is -0.0618. The fraction of sp³-hybridized carbons (Fsp3) is 0.538. The van der Waals surface area contributed by atoms with Crippen LogP contribution in [0.1, 0.15) is 12.8 Å². The summed E-state index contributed by atoms with van der Waals surface area (Å²) in [7, 11) is 1.21. The molecule has 9 nitrogen and oxygen atoms in total. The maximum atomic E-state index is 11.3. The van der Waals surface area contributed by atoms with E-state index in [0.29, 0.717) is 0 Å². The van der Waals surface area contributed by atoms with Crippen molar-refractivity contribution in [3.63, 3.8) is 0 Å². The van der Waals surface area contributed by atoms with Gasteiger partial charge in [0, 0.05) is 6.08 Å². The highest BCUT2D eigenvalue weighted by molar-refractivity contribution is 5.81. The van der Waals surface area contributed by atoms with E-state index in [2.05, 4.69) is 21.4 Å². The Kier molecular flexibility index (Phi) is 10.8. The van der Waals surface area contributed by atoms with Gasteiger partial charge in [0.1, 0.15) is 19.8 Å². The first-order valence-electron chi connectivity index (χ1n) is 6.41. The largest absolute Gasteiger partial charge is 0.464 e. The van der Waals surface area contributed by atoms with Gasteiger partial charge in [0.05, 0.1) is 26.5 Å². The van der Waals surface area contributed by atoms with E-state index < -0.39 is 24.0 Å². The number of amides is 1. The zero-order valence-electron chi connectivity index (χ0n) is 12.3. The lowest BCUT2D eigenvalue weighted by Gasteiger charge is -2.06. The number of hydrogen-bond acceptors (Lipinski definition) is 8. The quantitative estimate of drug-likeness (QED) is 0.258. The highest BCUT2D eigenvalue weighted by atomic mass is 16.6. The van der Waals surface area contributed by atoms with Crippen LogP contribution in [0, 0.1) is 0 Å². The summed E-state index contributed by atoms with van der Waals surface area (Å²) < 4.78 is 18.4. The van der Waals surface area contributed by atoms with E-state index in [1.807, 2.05) is 0 Å². The molecule has 0 aromatic carbocycles. The SMILES string of the molecule is C=CC(=O)OCCOC(=O)CCC(=O)OCCNC(=O)OC. The van der Waals surface area contributed by atoms with Gasteiger partial charge in [-0.1, -0.05) is 6.58 Å². The molecule has 0 bridgehead atoms. The van der Waals surface area contributed by atoms with E-state index >= 15 is 0 Å². The maximum Gasteiger partial charge on any atom is 0.406 e. The third-order valence-electron chi connectivity index (χ3n) is 2.11. The van der Waals surface area contributed by atoms with E-state index in [1.54, 1.807) is 0 Å². The van der Waals surface area contributed by atoms with E-state index in [4.69, 9.17) is 9.47 Å². The van der Waals surface area contributed by atoms with Crippen LogP contribution in [0.4, 0.5) is 4.79 Å². The van der Waals surface area contributed by atoms with Crippen LogP contribution in [0.3, 0.4) is 0 Å². The van der Waals surface area contributed by atoms with E-state index in [9.17, 15) is 19.2 Å². The summed E-state index contributed by atoms with van der Waals surface area (Å²) >= 11 is 0. The van der Waals surface area contributed by atoms with Crippen molar-refractivity contribution in [1.82, 2.24) is 5.32 Å². The fourth-order valence-electron chi connectivity index (χ4n) is 1.10. The molecule has 0 heterocycles. The van der Waals surface area contributed by atoms with Crippen molar-refractivity contribution in [2.45, 2.75) is 12.8 Å². The number of esters is 3. The number of hydrogen-bond donors (Lipinski definition) is 1. The standard InChI is InChI=1S/C13H19NO8/c1-3-10(15)21-8-9-22-12(17)5-4-11(16)20-7-6-14-13(18)19-2/h3H,1,4-9H2,2H3,(H,14,18). The molecule has 1 N–H and O–H groups in total. The zero-order chi connectivity index (χ0) is 16.8. The Hall–Kier alpha value is -2.58. The van der Waals surface area contributed by atoms with Gasteiger partial charge in [-0.05, 0) is 0 Å². The number of carbonyl (C=O) groups is 4. The second-order valence-electron chi connectivity index (χ2n) is 3.73. The first-order valence-corrected chi connectivity index (χ1v) is 6.41. The molecule has 1 amide bonds. The summed E-state index contributed by atoms with van der Waals surface area (Å²) in [5.41, 5.74) is 0. The molecule has 0 atom stereocenters. The topological polar surface area (TPSA) is 117 Å². The summed E-state index contributed by atoms with van der Waals surface area (Å²) in [5.74, 6) is -1.82. The normalized spacial score (nSPS) is 9.32. The molecule has 0 aliphatic heterocycles. The van der Waals surface area contributed by atoms with Gasteiger partial charge in [-0.3, -0.25) is 9.59 Å². The molecule has 0 aromatic rings. The second kappa shape index (κ2) is 12.2. The molecule has 0 unspecified atom stereocenters. The molecule has 0 rings (SSSR count). The van der Waals surface area contributed by atoms with Gasteiger partial charge in [0.15, 0.2) is 0 Å². The van der Waals surface area contributed by atoms with Crippen LogP contribution in [0.15, 0.2) is 12.7 Å². The van der Waals surface area contributed by atoms with Gasteiger partial charge >= 0.3 is 24.0 Å². The van der Waals surface area contributed by atoms with Gasteiger partial charge < -0.3 is 24.3 Å². The van der Waals surface area contributed by atoms with Crippen molar-refractivity contribution >= 4 is 24.0 Å². The highest BCUT2D eigenvalue weighted by Gasteiger charge is 2.09. The Morgan fingerprint density at radius 3 is 2.05 bits per heavy atom. The molecule has 124 valence electrons. The summed E-state index contributed by atoms with van der Waals surface area (Å²) in [6, 6.07) is 0. The number of nitrogens with one attached hydrogen (secondary N) is 1. The number of methoxy groups -OCH3 is 1. The van der Waals surface area contributed by atoms with Gasteiger partial charge in [-0.25, -0.2) is 9.59 Å². The van der Waals surface area contributed by atoms with Crippen LogP contribution in [0.5, 0.6) is 0 Å². The number of ether oxygens (including phenoxy) is 4. The van der Waals surface area contributed by atoms with Crippen LogP contribution in [-0.4, -0.2) is 57.5 Å². The Balaban J connectivity index is 3.56. The average molecular weight is 317 g/mol. The third kappa shape index (κ3) is 11.3. The lowest BCUT2D eigenvalue weighted by atomic mass is 10.3. The number of alkyl carbamates (subject to hydrolysis) is 1. The van der Waals surface area contributed by atoms with Gasteiger partial charge in [-0.15, -0.1) is 0 Å². The Bertz CT molecular complexity index is 407. The number of carbonyl (C=O) groups excluding carboxylic acids is 4. The summed E-state index contributed by atoms with van der Waals surface area (Å²) in [6.07, 6.45) is 0.0616. The molecular weight excluding hydrogens is 298 g/mol. The number of rotatable bonds is 10. The van der Waals surface area contributed by atoms with E-state index in [1.165, 1.54) is 7.11 Å². The Labute approximate surface area is 127 Å². The van der Waals surface area contributed by atoms with Crippen LogP contribution < -0.4 is 5.32 Å². The Morgan fingerprint density at radius 2 is 1.50 bits per heavy atom. The van der Waals surface area contributed by atoms with Crippen LogP contribution in [-0.2, 0) is 33.3 Å². The molecule has 0 spiro atoms. The smallest absolute Gasteiger partial charge is 0.406 e. The summed E-state index contributed by atoms with van der Waals surface area (Å²) in [5, 5.41) is 2.32. The monoisotopic (exact) mass is 317 g/mol. The van der Waals surface area contributed by atoms with Crippen molar-refractivity contribution in [1.29, 1.82) is 0 Å². The van der Waals surface area contributed by atoms with Crippen molar-refractivity contribution < 1.29 is 38.1 Å². The van der Waals surface area contributed by atoms with Gasteiger partial charge in [0.2, 0.25) is 0 Å². The molecule has 9 heteroatoms. The first-order chi connectivity index (χ1) is 10.5. The highest BCUT2D eigenvalue weighted by Crippen LogP contribution is 1.96. The summed E-state index contributed by atoms with van der Waals surface area (Å²) in [6.45, 7) is 3.10. The third-order valence-corrected chi connectivity index (χ3v) is 2.11. The van der Waals surface area contributed by atoms with Gasteiger partial charge in [-0.2, -0.15) is 0 Å². The molecule has 0 aliphatic rings. The summed E-state index contributed by atoms with van der Waals surface area (Å²) in [4.78, 5) is 43.9. The minimum atomic E-state index is -0.628. The minimum Gasteiger partial charge on any atom is -0.464 e. The zero-order valence-corrected chi connectivity index (χ0v) is 12.3. The lowest BCUT2D eigenvalue weighted by molar-refractivity contribution is -0.152. The molecule has 0 radical (unpaired) electrons. The Morgan fingerprint density at radius 1 is 0.955 bits per heavy atom. The predicted molar refractivity (Wildman–Crippen MR) is 72.7 cm³/mol. The van der Waals surface area contributed by atoms with Crippen LogP contribution in [0.2, 0.25) is 0 Å². The van der Waals surface area contributed by atoms with E-state index in [0.717, 1.165) is 6.08 Å². The van der Waals surface area contributed by atoms with Crippen molar-refractivity contribution in [3.05, 3.63) is 12.7 Å². The minimum absolute atomic E-state index is 0.0273. The van der Waals surface area contributed by atoms with Crippen LogP contribution >= 0.6 is 0 Å². The fourth-order valence-corrected chi connectivity index (χ4v) is 1.10. The average Bonchev–Trinajstić information content (AvgIpc) is 2.52. The molecule has 22 heavy (non-hydrogen) atoms. The van der Waals surface area contributed by atoms with Gasteiger partial charge in [0.25, 0.3) is 0 Å². The molecule has 0 fully saturated rings. The molecule has 0 saturated carbocycles. The second-order valence-corrected chi connectivity index (χ2v) is 3.73. The molecule has 0 saturated heterocycles. The van der Waals surface area contributed by atoms with Crippen LogP contribution in [0.25, 0.3) is 0 Å². The molecule has 0 aliphatic carbocycles. The molecule has 0 aromatic heterocycles. The van der Waals surface area contributed by atoms with Crippen molar-refractivity contribution in [2.24, 2.45) is 0 Å². The van der Waals surface area contributed by atoms with Crippen molar-refractivity contribution in [3.8, 4) is 0 Å². The molecular formula is C13H19NO8. The van der Waals surface area contributed by atoms with E-state index in [-0.39, 0.29) is 39.2 Å². The lowest BCUT2D eigenvalue weighted by Crippen LogP contribution is -2.27.